The molecule has 0 amide bonds. The quantitative estimate of drug-likeness (QED) is 0.306. The summed E-state index contributed by atoms with van der Waals surface area (Å²) in [5.41, 5.74) is 6.55. The summed E-state index contributed by atoms with van der Waals surface area (Å²) in [6.45, 7) is 0.914. The molecule has 0 radical (unpaired) electrons. The van der Waals surface area contributed by atoms with Crippen molar-refractivity contribution in [3.63, 3.8) is 0 Å². The molecule has 0 N–H and O–H groups in total. The van der Waals surface area contributed by atoms with Gasteiger partial charge in [-0.05, 0) is 40.6 Å². The molecule has 0 fully saturated rings. The van der Waals surface area contributed by atoms with Crippen LogP contribution in [0.2, 0.25) is 0 Å². The Bertz CT molecular complexity index is 1470. The van der Waals surface area contributed by atoms with E-state index >= 15 is 0 Å². The van der Waals surface area contributed by atoms with Gasteiger partial charge >= 0.3 is 0 Å². The van der Waals surface area contributed by atoms with Crippen molar-refractivity contribution in [3.8, 4) is 28.1 Å². The normalized spacial score (nSPS) is 12.3. The maximum Gasteiger partial charge on any atom is 0.188 e. The topological polar surface area (TPSA) is 23.4 Å². The number of benzene rings is 4. The van der Waals surface area contributed by atoms with Gasteiger partial charge in [0.1, 0.15) is 11.6 Å². The monoisotopic (exact) mass is 409 g/mol. The molecule has 1 aromatic heterocycles. The van der Waals surface area contributed by atoms with Gasteiger partial charge in [-0.2, -0.15) is 0 Å². The highest BCUT2D eigenvalue weighted by Gasteiger charge is 2.29. The summed E-state index contributed by atoms with van der Waals surface area (Å²) in [6, 6.07) is 25.8. The van der Waals surface area contributed by atoms with E-state index in [1.54, 1.807) is 13.2 Å². The lowest BCUT2D eigenvalue weighted by Gasteiger charge is -2.15. The average Bonchev–Trinajstić information content (AvgIpc) is 3.31. The molecule has 0 aliphatic carbocycles. The van der Waals surface area contributed by atoms with Gasteiger partial charge in [-0.3, -0.25) is 0 Å². The first-order valence-electron chi connectivity index (χ1n) is 10.3. The van der Waals surface area contributed by atoms with E-state index in [9.17, 15) is 4.39 Å². The zero-order chi connectivity index (χ0) is 20.9. The number of nitrogens with zero attached hydrogens (tertiary/aromatic N) is 1. The van der Waals surface area contributed by atoms with Gasteiger partial charge in [0, 0.05) is 41.2 Å². The van der Waals surface area contributed by atoms with Crippen LogP contribution < -0.4 is 4.74 Å². The van der Waals surface area contributed by atoms with Crippen LogP contribution in [0.3, 0.4) is 0 Å². The van der Waals surface area contributed by atoms with E-state index < -0.39 is 0 Å². The lowest BCUT2D eigenvalue weighted by molar-refractivity contribution is 0.0516. The molecule has 2 heterocycles. The Kier molecular flexibility index (Phi) is 4.08. The minimum atomic E-state index is -0.245. The van der Waals surface area contributed by atoms with E-state index in [2.05, 4.69) is 47.0 Å². The summed E-state index contributed by atoms with van der Waals surface area (Å²) in [5, 5.41) is 3.07. The number of fused-ring (bicyclic) bond motifs is 6. The predicted molar refractivity (Wildman–Crippen MR) is 122 cm³/mol. The Morgan fingerprint density at radius 3 is 2.61 bits per heavy atom. The third-order valence-corrected chi connectivity index (χ3v) is 6.10. The van der Waals surface area contributed by atoms with Gasteiger partial charge in [-0.25, -0.2) is 4.39 Å². The SMILES string of the molecule is COCOc1ccc2ccccc2c1-c1c2n(c3ccc(F)cc13)Cc1ccccc1-2. The van der Waals surface area contributed by atoms with Gasteiger partial charge in [0.15, 0.2) is 6.79 Å². The summed E-state index contributed by atoms with van der Waals surface area (Å²) >= 11 is 0. The Labute approximate surface area is 179 Å². The molecule has 152 valence electrons. The predicted octanol–water partition coefficient (Wildman–Crippen LogP) is 6.61. The molecule has 0 bridgehead atoms. The number of rotatable bonds is 4. The van der Waals surface area contributed by atoms with Gasteiger partial charge in [-0.1, -0.05) is 54.6 Å². The molecule has 1 aliphatic heterocycles. The number of methoxy groups -OCH3 is 1. The Morgan fingerprint density at radius 1 is 0.871 bits per heavy atom. The van der Waals surface area contributed by atoms with E-state index in [-0.39, 0.29) is 12.6 Å². The van der Waals surface area contributed by atoms with E-state index in [1.807, 2.05) is 24.3 Å². The molecule has 5 aromatic rings. The minimum Gasteiger partial charge on any atom is -0.467 e. The van der Waals surface area contributed by atoms with Gasteiger partial charge in [-0.15, -0.1) is 0 Å². The van der Waals surface area contributed by atoms with Gasteiger partial charge in [0.25, 0.3) is 0 Å². The van der Waals surface area contributed by atoms with Crippen LogP contribution in [-0.4, -0.2) is 18.5 Å². The Balaban J connectivity index is 1.78. The molecule has 0 atom stereocenters. The summed E-state index contributed by atoms with van der Waals surface area (Å²) in [5.74, 6) is 0.482. The first kappa shape index (κ1) is 18.2. The van der Waals surface area contributed by atoms with Gasteiger partial charge in [0.2, 0.25) is 0 Å². The highest BCUT2D eigenvalue weighted by atomic mass is 19.1. The second-order valence-corrected chi connectivity index (χ2v) is 7.84. The van der Waals surface area contributed by atoms with Crippen LogP contribution >= 0.6 is 0 Å². The highest BCUT2D eigenvalue weighted by Crippen LogP contribution is 2.50. The van der Waals surface area contributed by atoms with Crippen LogP contribution in [0.4, 0.5) is 4.39 Å². The maximum absolute atomic E-state index is 14.4. The van der Waals surface area contributed by atoms with Gasteiger partial charge < -0.3 is 14.0 Å². The van der Waals surface area contributed by atoms with E-state index in [1.165, 1.54) is 17.2 Å². The summed E-state index contributed by atoms with van der Waals surface area (Å²) in [6.07, 6.45) is 0. The van der Waals surface area contributed by atoms with Crippen molar-refractivity contribution < 1.29 is 13.9 Å². The van der Waals surface area contributed by atoms with Crippen LogP contribution in [-0.2, 0) is 11.3 Å². The van der Waals surface area contributed by atoms with Crippen molar-refractivity contribution >= 4 is 21.7 Å². The molecule has 1 aliphatic rings. The van der Waals surface area contributed by atoms with E-state index in [0.717, 1.165) is 50.8 Å². The fourth-order valence-corrected chi connectivity index (χ4v) is 4.84. The van der Waals surface area contributed by atoms with Crippen molar-refractivity contribution in [3.05, 3.63) is 90.2 Å². The molecular formula is C27H20FNO2. The molecule has 4 aromatic carbocycles. The third kappa shape index (κ3) is 2.69. The number of ether oxygens (including phenoxy) is 2. The Morgan fingerprint density at radius 2 is 1.71 bits per heavy atom. The van der Waals surface area contributed by atoms with Crippen LogP contribution in [0.15, 0.2) is 78.9 Å². The fourth-order valence-electron chi connectivity index (χ4n) is 4.84. The minimum absolute atomic E-state index is 0.143. The van der Waals surface area contributed by atoms with Crippen molar-refractivity contribution in [1.29, 1.82) is 0 Å². The number of halogens is 1. The van der Waals surface area contributed by atoms with Crippen LogP contribution in [0.25, 0.3) is 44.1 Å². The number of hydrogen-bond donors (Lipinski definition) is 0. The summed E-state index contributed by atoms with van der Waals surface area (Å²) in [4.78, 5) is 0. The fraction of sp³-hybridized carbons (Fsp3) is 0.111. The van der Waals surface area contributed by atoms with Crippen molar-refractivity contribution in [2.24, 2.45) is 0 Å². The van der Waals surface area contributed by atoms with Crippen molar-refractivity contribution in [2.75, 3.05) is 13.9 Å². The van der Waals surface area contributed by atoms with Crippen molar-refractivity contribution in [2.45, 2.75) is 6.54 Å². The molecule has 31 heavy (non-hydrogen) atoms. The van der Waals surface area contributed by atoms with Crippen molar-refractivity contribution in [1.82, 2.24) is 4.57 Å². The lowest BCUT2D eigenvalue weighted by Crippen LogP contribution is -2.01. The molecule has 0 saturated carbocycles. The molecule has 0 spiro atoms. The molecule has 0 unspecified atom stereocenters. The summed E-state index contributed by atoms with van der Waals surface area (Å²) in [7, 11) is 1.61. The maximum atomic E-state index is 14.4. The van der Waals surface area contributed by atoms with Gasteiger partial charge in [0.05, 0.1) is 5.69 Å². The first-order chi connectivity index (χ1) is 15.3. The standard InChI is InChI=1S/C27H20FNO2/c1-30-16-31-24-13-10-17-6-2-4-8-20(17)25(24)26-22-14-19(28)11-12-23(22)29-15-18-7-3-5-9-21(18)27(26)29/h2-14H,15-16H2,1H3. The van der Waals surface area contributed by atoms with Crippen LogP contribution in [0, 0.1) is 5.82 Å². The molecule has 3 nitrogen and oxygen atoms in total. The molecule has 6 rings (SSSR count). The molecular weight excluding hydrogens is 389 g/mol. The van der Waals surface area contributed by atoms with E-state index in [4.69, 9.17) is 9.47 Å². The summed E-state index contributed by atoms with van der Waals surface area (Å²) < 4.78 is 28.0. The number of hydrogen-bond acceptors (Lipinski definition) is 2. The van der Waals surface area contributed by atoms with E-state index in [0.29, 0.717) is 0 Å². The van der Waals surface area contributed by atoms with Crippen LogP contribution in [0.5, 0.6) is 5.75 Å². The zero-order valence-electron chi connectivity index (χ0n) is 17.1. The first-order valence-corrected chi connectivity index (χ1v) is 10.3. The highest BCUT2D eigenvalue weighted by molar-refractivity contribution is 6.13. The average molecular weight is 409 g/mol. The van der Waals surface area contributed by atoms with Crippen LogP contribution in [0.1, 0.15) is 5.56 Å². The Hall–Kier alpha value is -3.63. The smallest absolute Gasteiger partial charge is 0.188 e. The second-order valence-electron chi connectivity index (χ2n) is 7.84. The lowest BCUT2D eigenvalue weighted by atomic mass is 9.92. The molecule has 4 heteroatoms. The number of aromatic nitrogens is 1. The third-order valence-electron chi connectivity index (χ3n) is 6.10. The molecule has 0 saturated heterocycles. The second kappa shape index (κ2) is 6.96. The zero-order valence-corrected chi connectivity index (χ0v) is 17.1. The largest absolute Gasteiger partial charge is 0.467 e.